The molecule has 2 aliphatic heterocycles. The van der Waals surface area contributed by atoms with Crippen LogP contribution >= 0.6 is 0 Å². The van der Waals surface area contributed by atoms with Crippen molar-refractivity contribution in [1.29, 1.82) is 0 Å². The monoisotopic (exact) mass is 1340 g/mol. The Labute approximate surface area is 577 Å². The Morgan fingerprint density at radius 2 is 0.681 bits per heavy atom. The Balaban J connectivity index is 1.58. The summed E-state index contributed by atoms with van der Waals surface area (Å²) in [5.41, 5.74) is 0. The Bertz CT molecular complexity index is 1670. The fraction of sp³-hybridized carbons (Fsp3) is 0.938. The molecule has 556 valence electrons. The average molecular weight is 1340 g/mol. The molecule has 0 saturated carbocycles. The second kappa shape index (κ2) is 64.8. The normalized spacial score (nSPS) is 22.5. The van der Waals surface area contributed by atoms with Gasteiger partial charge in [0.25, 0.3) is 0 Å². The summed E-state index contributed by atoms with van der Waals surface area (Å²) in [6.45, 7) is 2.85. The summed E-state index contributed by atoms with van der Waals surface area (Å²) in [5, 5.41) is 87.6. The van der Waals surface area contributed by atoms with E-state index in [4.69, 9.17) is 18.9 Å². The van der Waals surface area contributed by atoms with Crippen molar-refractivity contribution in [3.8, 4) is 0 Å². The number of hydrogen-bond acceptors (Lipinski definition) is 13. The number of amides is 1. The van der Waals surface area contributed by atoms with E-state index in [2.05, 4.69) is 31.3 Å². The van der Waals surface area contributed by atoms with Gasteiger partial charge in [-0.3, -0.25) is 4.79 Å². The highest BCUT2D eigenvalue weighted by atomic mass is 16.7. The Kier molecular flexibility index (Phi) is 61.1. The molecule has 2 aliphatic rings. The molecule has 12 atom stereocenters. The summed E-state index contributed by atoms with van der Waals surface area (Å²) in [6, 6.07) is -0.930. The van der Waals surface area contributed by atoms with Crippen molar-refractivity contribution >= 4 is 5.91 Å². The quantitative estimate of drug-likeness (QED) is 0.0204. The molecule has 2 heterocycles. The lowest BCUT2D eigenvalue weighted by atomic mass is 9.97. The summed E-state index contributed by atoms with van der Waals surface area (Å²) >= 11 is 0. The van der Waals surface area contributed by atoms with Gasteiger partial charge in [-0.15, -0.1) is 0 Å². The van der Waals surface area contributed by atoms with Crippen LogP contribution in [0.2, 0.25) is 0 Å². The lowest BCUT2D eigenvalue weighted by molar-refractivity contribution is -0.359. The predicted octanol–water partition coefficient (Wildman–Crippen LogP) is 18.3. The van der Waals surface area contributed by atoms with Crippen LogP contribution in [0, 0.1) is 0 Å². The van der Waals surface area contributed by atoms with Crippen molar-refractivity contribution in [1.82, 2.24) is 5.32 Å². The van der Waals surface area contributed by atoms with Gasteiger partial charge in [0.05, 0.1) is 32.0 Å². The zero-order valence-electron chi connectivity index (χ0n) is 61.0. The van der Waals surface area contributed by atoms with Crippen LogP contribution in [0.5, 0.6) is 0 Å². The van der Waals surface area contributed by atoms with Crippen molar-refractivity contribution in [2.24, 2.45) is 0 Å². The number of aliphatic hydroxyl groups is 8. The zero-order valence-corrected chi connectivity index (χ0v) is 61.0. The van der Waals surface area contributed by atoms with Gasteiger partial charge in [-0.25, -0.2) is 0 Å². The standard InChI is InChI=1S/C80H153NO13/c1-3-5-7-9-11-13-15-17-19-21-23-25-27-28-29-30-31-32-33-34-35-36-37-38-39-40-41-42-44-46-48-50-52-54-56-58-60-62-64-72(85)81-68(67-91-79-77(90)75(88)78(71(66-83)93-79)94-80-76(89)74(87)73(86)70(65-82)92-80)69(84)63-61-59-57-55-53-51-49-47-45-43-26-24-22-20-18-16-14-12-10-8-6-4-2/h53,55,61,63,68-71,73-80,82-84,86-90H,3-52,54,56-60,62,64-67H2,1-2H3,(H,81,85)/b55-53+,63-61+. The number of aliphatic hydroxyl groups excluding tert-OH is 8. The minimum atomic E-state index is -1.79. The SMILES string of the molecule is CCCCCCCCCCCCCCCCCC/C=C/CC/C=C/C(O)C(COC1OC(CO)C(OC2OC(CO)C(O)C(O)C2O)C(O)C1O)NC(=O)CCCCCCCCCCCCCCCCCCCCCCCCCCCCCCCCCCCCCCCC. The first kappa shape index (κ1) is 88.6. The van der Waals surface area contributed by atoms with Crippen LogP contribution in [0.1, 0.15) is 386 Å². The van der Waals surface area contributed by atoms with E-state index in [9.17, 15) is 45.6 Å². The van der Waals surface area contributed by atoms with Gasteiger partial charge in [-0.2, -0.15) is 0 Å². The maximum Gasteiger partial charge on any atom is 0.220 e. The van der Waals surface area contributed by atoms with E-state index in [0.29, 0.717) is 12.8 Å². The third-order valence-corrected chi connectivity index (χ3v) is 20.1. The molecule has 14 nitrogen and oxygen atoms in total. The smallest absolute Gasteiger partial charge is 0.220 e. The molecule has 0 radical (unpaired) electrons. The van der Waals surface area contributed by atoms with Gasteiger partial charge >= 0.3 is 0 Å². The summed E-state index contributed by atoms with van der Waals surface area (Å²) in [5.74, 6) is -0.240. The Morgan fingerprint density at radius 3 is 1.04 bits per heavy atom. The highest BCUT2D eigenvalue weighted by Crippen LogP contribution is 2.30. The first-order chi connectivity index (χ1) is 46.1. The molecule has 94 heavy (non-hydrogen) atoms. The van der Waals surface area contributed by atoms with Gasteiger partial charge in [0.1, 0.15) is 48.8 Å². The van der Waals surface area contributed by atoms with Gasteiger partial charge in [0, 0.05) is 6.42 Å². The number of allylic oxidation sites excluding steroid dienone is 3. The highest BCUT2D eigenvalue weighted by Gasteiger charge is 2.51. The molecule has 2 rings (SSSR count). The second-order valence-electron chi connectivity index (χ2n) is 28.9. The number of ether oxygens (including phenoxy) is 4. The fourth-order valence-electron chi connectivity index (χ4n) is 13.7. The molecule has 0 aromatic heterocycles. The van der Waals surface area contributed by atoms with E-state index in [0.717, 1.165) is 32.1 Å². The van der Waals surface area contributed by atoms with E-state index in [1.807, 2.05) is 6.08 Å². The van der Waals surface area contributed by atoms with Crippen LogP contribution in [-0.4, -0.2) is 140 Å². The number of nitrogens with one attached hydrogen (secondary N) is 1. The summed E-state index contributed by atoms with van der Waals surface area (Å²) in [6.07, 6.45) is 67.2. The van der Waals surface area contributed by atoms with E-state index in [-0.39, 0.29) is 18.9 Å². The largest absolute Gasteiger partial charge is 0.394 e. The molecular weight excluding hydrogens is 1180 g/mol. The van der Waals surface area contributed by atoms with Gasteiger partial charge in [-0.1, -0.05) is 372 Å². The zero-order chi connectivity index (χ0) is 68.0. The molecule has 14 heteroatoms. The molecule has 0 bridgehead atoms. The first-order valence-electron chi connectivity index (χ1n) is 40.6. The van der Waals surface area contributed by atoms with Gasteiger partial charge in [0.2, 0.25) is 5.91 Å². The Hall–Kier alpha value is -1.53. The highest BCUT2D eigenvalue weighted by molar-refractivity contribution is 5.76. The third-order valence-electron chi connectivity index (χ3n) is 20.1. The van der Waals surface area contributed by atoms with E-state index < -0.39 is 86.8 Å². The van der Waals surface area contributed by atoms with Crippen molar-refractivity contribution in [2.75, 3.05) is 19.8 Å². The Morgan fingerprint density at radius 1 is 0.372 bits per heavy atom. The first-order valence-corrected chi connectivity index (χ1v) is 40.6. The molecule has 9 N–H and O–H groups in total. The predicted molar refractivity (Wildman–Crippen MR) is 388 cm³/mol. The molecule has 2 fully saturated rings. The minimum Gasteiger partial charge on any atom is -0.394 e. The molecule has 2 saturated heterocycles. The van der Waals surface area contributed by atoms with Crippen LogP contribution in [0.4, 0.5) is 0 Å². The van der Waals surface area contributed by atoms with Crippen molar-refractivity contribution in [2.45, 2.75) is 460 Å². The fourth-order valence-corrected chi connectivity index (χ4v) is 13.7. The van der Waals surface area contributed by atoms with Crippen molar-refractivity contribution < 1.29 is 64.6 Å². The third kappa shape index (κ3) is 47.5. The second-order valence-corrected chi connectivity index (χ2v) is 28.9. The number of rotatable bonds is 69. The molecule has 0 aromatic carbocycles. The minimum absolute atomic E-state index is 0.240. The molecule has 12 unspecified atom stereocenters. The molecule has 0 aliphatic carbocycles. The lowest BCUT2D eigenvalue weighted by Crippen LogP contribution is -2.65. The molecule has 1 amide bonds. The number of carbonyl (C=O) groups is 1. The topological polar surface area (TPSA) is 228 Å². The van der Waals surface area contributed by atoms with Crippen molar-refractivity contribution in [3.05, 3.63) is 24.3 Å². The number of unbranched alkanes of at least 4 members (excludes halogenated alkanes) is 54. The van der Waals surface area contributed by atoms with E-state index in [1.165, 1.54) is 321 Å². The van der Waals surface area contributed by atoms with Crippen LogP contribution < -0.4 is 5.32 Å². The van der Waals surface area contributed by atoms with Gasteiger partial charge < -0.3 is 65.1 Å². The van der Waals surface area contributed by atoms with Crippen LogP contribution in [0.25, 0.3) is 0 Å². The number of hydrogen-bond donors (Lipinski definition) is 9. The molecule has 0 spiro atoms. The van der Waals surface area contributed by atoms with Crippen LogP contribution in [0.3, 0.4) is 0 Å². The maximum atomic E-state index is 13.4. The van der Waals surface area contributed by atoms with Crippen LogP contribution in [0.15, 0.2) is 24.3 Å². The number of carbonyl (C=O) groups excluding carboxylic acids is 1. The molecule has 0 aromatic rings. The van der Waals surface area contributed by atoms with Crippen LogP contribution in [-0.2, 0) is 23.7 Å². The summed E-state index contributed by atoms with van der Waals surface area (Å²) < 4.78 is 22.9. The lowest BCUT2D eigenvalue weighted by Gasteiger charge is -2.46. The van der Waals surface area contributed by atoms with E-state index in [1.54, 1.807) is 6.08 Å². The summed E-state index contributed by atoms with van der Waals surface area (Å²) in [4.78, 5) is 13.4. The van der Waals surface area contributed by atoms with Gasteiger partial charge in [-0.05, 0) is 32.1 Å². The van der Waals surface area contributed by atoms with Crippen molar-refractivity contribution in [3.63, 3.8) is 0 Å². The maximum absolute atomic E-state index is 13.4. The van der Waals surface area contributed by atoms with Gasteiger partial charge in [0.15, 0.2) is 12.6 Å². The molecular formula is C80H153NO13. The average Bonchev–Trinajstić information content (AvgIpc) is 0.794. The van der Waals surface area contributed by atoms with E-state index >= 15 is 0 Å². The summed E-state index contributed by atoms with van der Waals surface area (Å²) in [7, 11) is 0.